The minimum Gasteiger partial charge on any atom is -0.484 e. The highest BCUT2D eigenvalue weighted by Gasteiger charge is 2.28. The van der Waals surface area contributed by atoms with Gasteiger partial charge >= 0.3 is 5.97 Å². The molecule has 1 saturated heterocycles. The molecular weight excluding hydrogens is 542 g/mol. The number of ether oxygens (including phenoxy) is 1. The lowest BCUT2D eigenvalue weighted by Gasteiger charge is -2.39. The van der Waals surface area contributed by atoms with E-state index in [9.17, 15) is 9.59 Å². The Kier molecular flexibility index (Phi) is 9.82. The van der Waals surface area contributed by atoms with Crippen LogP contribution in [0.2, 0.25) is 0 Å². The summed E-state index contributed by atoms with van der Waals surface area (Å²) in [6.07, 6.45) is 0. The summed E-state index contributed by atoms with van der Waals surface area (Å²) in [5.74, 6) is -0.471. The fourth-order valence-corrected chi connectivity index (χ4v) is 5.26. The van der Waals surface area contributed by atoms with E-state index in [1.807, 2.05) is 65.6 Å². The van der Waals surface area contributed by atoms with Gasteiger partial charge in [-0.25, -0.2) is 4.79 Å². The maximum atomic E-state index is 13.1. The summed E-state index contributed by atoms with van der Waals surface area (Å²) in [4.78, 5) is 32.8. The minimum absolute atomic E-state index is 0.0187. The molecule has 8 nitrogen and oxygen atoms in total. The highest BCUT2D eigenvalue weighted by Crippen LogP contribution is 2.30. The molecule has 0 aromatic heterocycles. The second-order valence-corrected chi connectivity index (χ2v) is 10.4. The van der Waals surface area contributed by atoms with Crippen LogP contribution in [0.5, 0.6) is 5.75 Å². The number of carboxylic acids is 1. The molecule has 0 atom stereocenters. The molecule has 0 unspecified atom stereocenters. The van der Waals surface area contributed by atoms with Crippen LogP contribution in [0.25, 0.3) is 11.1 Å². The van der Waals surface area contributed by atoms with Crippen molar-refractivity contribution in [3.05, 3.63) is 126 Å². The predicted octanol–water partition coefficient (Wildman–Crippen LogP) is 5.49. The van der Waals surface area contributed by atoms with Crippen molar-refractivity contribution in [1.29, 1.82) is 0 Å². The first kappa shape index (κ1) is 29.5. The summed E-state index contributed by atoms with van der Waals surface area (Å²) in [7, 11) is 0. The molecule has 0 bridgehead atoms. The first-order valence-corrected chi connectivity index (χ1v) is 14.3. The van der Waals surface area contributed by atoms with Gasteiger partial charge in [-0.05, 0) is 46.9 Å². The Morgan fingerprint density at radius 3 is 2.00 bits per heavy atom. The van der Waals surface area contributed by atoms with Crippen LogP contribution in [-0.2, 0) is 14.4 Å². The fourth-order valence-electron chi connectivity index (χ4n) is 5.26. The van der Waals surface area contributed by atoms with Gasteiger partial charge in [-0.2, -0.15) is 0 Å². The van der Waals surface area contributed by atoms with Gasteiger partial charge in [0.2, 0.25) is 6.61 Å². The number of carbonyl (C=O) groups is 2. The molecular formula is C35H35N3O5. The molecule has 43 heavy (non-hydrogen) atoms. The maximum absolute atomic E-state index is 13.1. The van der Waals surface area contributed by atoms with E-state index >= 15 is 0 Å². The van der Waals surface area contributed by atoms with Gasteiger partial charge in [0.05, 0.1) is 11.8 Å². The Hall–Kier alpha value is -4.95. The third-order valence-electron chi connectivity index (χ3n) is 7.48. The molecule has 4 aromatic carbocycles. The average Bonchev–Trinajstić information content (AvgIpc) is 3.05. The molecule has 0 saturated carbocycles. The standard InChI is InChI=1S/C35H35N3O5/c1-26(36-43-25-34(40)41)27-15-17-28(18-16-27)31-13-8-14-32(23-31)42-24-33(39)37-19-21-38(22-20-37)35(29-9-4-2-5-10-29)30-11-6-3-7-12-30/h2-18,23,35H,19-22,24-25H2,1H3,(H,40,41)/b36-26+. The summed E-state index contributed by atoms with van der Waals surface area (Å²) in [6.45, 7) is 4.11. The van der Waals surface area contributed by atoms with Crippen LogP contribution in [0.15, 0.2) is 114 Å². The van der Waals surface area contributed by atoms with Crippen LogP contribution < -0.4 is 4.74 Å². The molecule has 1 aliphatic heterocycles. The monoisotopic (exact) mass is 577 g/mol. The Morgan fingerprint density at radius 2 is 1.40 bits per heavy atom. The summed E-state index contributed by atoms with van der Waals surface area (Å²) in [5, 5.41) is 12.5. The lowest BCUT2D eigenvalue weighted by atomic mass is 9.96. The van der Waals surface area contributed by atoms with Gasteiger partial charge in [-0.1, -0.05) is 102 Å². The summed E-state index contributed by atoms with van der Waals surface area (Å²) >= 11 is 0. The molecule has 1 fully saturated rings. The largest absolute Gasteiger partial charge is 0.484 e. The van der Waals surface area contributed by atoms with E-state index in [1.165, 1.54) is 11.1 Å². The number of hydrogen-bond acceptors (Lipinski definition) is 6. The van der Waals surface area contributed by atoms with Crippen molar-refractivity contribution in [2.75, 3.05) is 39.4 Å². The molecule has 4 aromatic rings. The predicted molar refractivity (Wildman–Crippen MR) is 166 cm³/mol. The molecule has 0 aliphatic carbocycles. The van der Waals surface area contributed by atoms with Gasteiger partial charge in [0, 0.05) is 26.2 Å². The van der Waals surface area contributed by atoms with Gasteiger partial charge in [0.15, 0.2) is 6.61 Å². The number of nitrogens with zero attached hydrogens (tertiary/aromatic N) is 3. The van der Waals surface area contributed by atoms with E-state index in [1.54, 1.807) is 6.92 Å². The minimum atomic E-state index is -1.07. The fraction of sp³-hybridized carbons (Fsp3) is 0.229. The summed E-state index contributed by atoms with van der Waals surface area (Å²) in [5.41, 5.74) is 5.83. The number of carboxylic acid groups (broad SMARTS) is 1. The summed E-state index contributed by atoms with van der Waals surface area (Å²) < 4.78 is 5.93. The van der Waals surface area contributed by atoms with Gasteiger partial charge in [0.25, 0.3) is 5.91 Å². The molecule has 220 valence electrons. The van der Waals surface area contributed by atoms with Crippen LogP contribution in [0.3, 0.4) is 0 Å². The van der Waals surface area contributed by atoms with Gasteiger partial charge in [-0.15, -0.1) is 0 Å². The maximum Gasteiger partial charge on any atom is 0.344 e. The Balaban J connectivity index is 1.16. The number of oxime groups is 1. The molecule has 0 spiro atoms. The quantitative estimate of drug-likeness (QED) is 0.187. The normalized spacial score (nSPS) is 14.0. The SMILES string of the molecule is C/C(=N\OCC(=O)O)c1ccc(-c2cccc(OCC(=O)N3CCN(C(c4ccccc4)c4ccccc4)CC3)c2)cc1. The number of benzene rings is 4. The van der Waals surface area contributed by atoms with Gasteiger partial charge in [-0.3, -0.25) is 9.69 Å². The number of carbonyl (C=O) groups excluding carboxylic acids is 1. The van der Waals surface area contributed by atoms with Crippen molar-refractivity contribution in [1.82, 2.24) is 9.80 Å². The van der Waals surface area contributed by atoms with Crippen LogP contribution in [-0.4, -0.2) is 71.9 Å². The Bertz CT molecular complexity index is 1490. The number of rotatable bonds is 11. The topological polar surface area (TPSA) is 91.7 Å². The van der Waals surface area contributed by atoms with E-state index in [-0.39, 0.29) is 18.6 Å². The third-order valence-corrected chi connectivity index (χ3v) is 7.48. The first-order valence-electron chi connectivity index (χ1n) is 14.3. The van der Waals surface area contributed by atoms with Crippen molar-refractivity contribution in [3.8, 4) is 16.9 Å². The van der Waals surface area contributed by atoms with Crippen molar-refractivity contribution in [3.63, 3.8) is 0 Å². The molecule has 5 rings (SSSR count). The second-order valence-electron chi connectivity index (χ2n) is 10.4. The first-order chi connectivity index (χ1) is 21.0. The smallest absolute Gasteiger partial charge is 0.344 e. The molecule has 0 radical (unpaired) electrons. The lowest BCUT2D eigenvalue weighted by Crippen LogP contribution is -2.51. The van der Waals surface area contributed by atoms with Gasteiger partial charge in [0.1, 0.15) is 5.75 Å². The van der Waals surface area contributed by atoms with E-state index in [4.69, 9.17) is 14.7 Å². The van der Waals surface area contributed by atoms with Crippen molar-refractivity contribution in [2.45, 2.75) is 13.0 Å². The van der Waals surface area contributed by atoms with Crippen LogP contribution in [0, 0.1) is 0 Å². The second kappa shape index (κ2) is 14.3. The highest BCUT2D eigenvalue weighted by atomic mass is 16.6. The van der Waals surface area contributed by atoms with Crippen LogP contribution in [0.1, 0.15) is 29.7 Å². The Labute approximate surface area is 251 Å². The van der Waals surface area contributed by atoms with Crippen molar-refractivity contribution >= 4 is 17.6 Å². The molecule has 1 aliphatic rings. The van der Waals surface area contributed by atoms with Gasteiger partial charge < -0.3 is 19.6 Å². The zero-order valence-corrected chi connectivity index (χ0v) is 24.1. The van der Waals surface area contributed by atoms with Crippen LogP contribution in [0.4, 0.5) is 0 Å². The zero-order valence-electron chi connectivity index (χ0n) is 24.1. The third kappa shape index (κ3) is 7.87. The van der Waals surface area contributed by atoms with E-state index in [0.717, 1.165) is 29.8 Å². The molecule has 1 N–H and O–H groups in total. The number of piperazine rings is 1. The average molecular weight is 578 g/mol. The molecule has 1 amide bonds. The molecule has 8 heteroatoms. The Morgan fingerprint density at radius 1 is 0.767 bits per heavy atom. The van der Waals surface area contributed by atoms with Crippen molar-refractivity contribution < 1.29 is 24.3 Å². The zero-order chi connectivity index (χ0) is 30.0. The summed E-state index contributed by atoms with van der Waals surface area (Å²) in [6, 6.07) is 36.5. The van der Waals surface area contributed by atoms with E-state index < -0.39 is 12.6 Å². The number of hydrogen-bond donors (Lipinski definition) is 1. The van der Waals surface area contributed by atoms with E-state index in [2.05, 4.69) is 58.6 Å². The molecule has 1 heterocycles. The van der Waals surface area contributed by atoms with Crippen LogP contribution >= 0.6 is 0 Å². The number of amides is 1. The highest BCUT2D eigenvalue weighted by molar-refractivity contribution is 5.98. The van der Waals surface area contributed by atoms with E-state index in [0.29, 0.717) is 24.6 Å². The lowest BCUT2D eigenvalue weighted by molar-refractivity contribution is -0.142. The number of aliphatic carboxylic acids is 1. The van der Waals surface area contributed by atoms with Crippen molar-refractivity contribution in [2.24, 2.45) is 5.16 Å².